The first kappa shape index (κ1) is 29.5. The Hall–Kier alpha value is -5.61. The second kappa shape index (κ2) is 11.0. The number of para-hydroxylation sites is 1. The Kier molecular flexibility index (Phi) is 6.61. The molecule has 4 heteroatoms. The summed E-state index contributed by atoms with van der Waals surface area (Å²) < 4.78 is 2.46. The molecule has 0 atom stereocenters. The molecule has 4 nitrogen and oxygen atoms in total. The van der Waals surface area contributed by atoms with E-state index in [0.29, 0.717) is 17.5 Å². The van der Waals surface area contributed by atoms with E-state index < -0.39 is 0 Å². The molecule has 1 aliphatic rings. The molecule has 0 fully saturated rings. The highest BCUT2D eigenvalue weighted by atomic mass is 15.0. The van der Waals surface area contributed by atoms with Crippen molar-refractivity contribution in [2.45, 2.75) is 51.4 Å². The average molecular weight is 635 g/mol. The molecule has 6 aromatic carbocycles. The molecule has 8 aromatic rings. The van der Waals surface area contributed by atoms with Crippen LogP contribution >= 0.6 is 0 Å². The second-order valence-electron chi connectivity index (χ2n) is 14.8. The molecule has 0 bridgehead atoms. The Labute approximate surface area is 287 Å². The van der Waals surface area contributed by atoms with Crippen molar-refractivity contribution >= 4 is 32.6 Å². The molecule has 0 aliphatic heterocycles. The van der Waals surface area contributed by atoms with Gasteiger partial charge in [-0.15, -0.1) is 0 Å². The van der Waals surface area contributed by atoms with Crippen molar-refractivity contribution in [3.05, 3.63) is 145 Å². The first-order valence-corrected chi connectivity index (χ1v) is 17.2. The van der Waals surface area contributed by atoms with E-state index in [2.05, 4.69) is 105 Å². The van der Waals surface area contributed by atoms with E-state index in [-0.39, 0.29) is 10.8 Å². The van der Waals surface area contributed by atoms with Crippen LogP contribution in [0.4, 0.5) is 0 Å². The number of aromatic nitrogens is 4. The Morgan fingerprint density at radius 1 is 0.449 bits per heavy atom. The van der Waals surface area contributed by atoms with Crippen LogP contribution in [0.5, 0.6) is 0 Å². The lowest BCUT2D eigenvalue weighted by Gasteiger charge is -2.42. The largest absolute Gasteiger partial charge is 0.309 e. The minimum atomic E-state index is 0.125. The third-order valence-corrected chi connectivity index (χ3v) is 10.7. The van der Waals surface area contributed by atoms with Crippen molar-refractivity contribution in [3.8, 4) is 39.9 Å². The standard InChI is InChI=1S/C45H38N4/c1-44(2)23-24-45(3,4)38-28-40-36(27-37(38)44)35-17-11-12-18-39(35)49(40)34-22-21-29-19-20-32(25-33(29)26-34)43-47-41(30-13-7-5-8-14-30)46-42(48-43)31-15-9-6-10-16-31/h5-22,25-28H,23-24H2,1-4H3. The molecule has 0 N–H and O–H groups in total. The lowest BCUT2D eigenvalue weighted by atomic mass is 9.63. The highest BCUT2D eigenvalue weighted by Crippen LogP contribution is 2.48. The van der Waals surface area contributed by atoms with Gasteiger partial charge in [0.2, 0.25) is 0 Å². The van der Waals surface area contributed by atoms with E-state index in [4.69, 9.17) is 15.0 Å². The van der Waals surface area contributed by atoms with Gasteiger partial charge in [0.05, 0.1) is 11.0 Å². The van der Waals surface area contributed by atoms with Crippen molar-refractivity contribution in [1.29, 1.82) is 0 Å². The Morgan fingerprint density at radius 2 is 1.00 bits per heavy atom. The summed E-state index contributed by atoms with van der Waals surface area (Å²) in [5, 5.41) is 4.93. The van der Waals surface area contributed by atoms with Gasteiger partial charge < -0.3 is 4.57 Å². The minimum absolute atomic E-state index is 0.125. The number of fused-ring (bicyclic) bond motifs is 5. The summed E-state index contributed by atoms with van der Waals surface area (Å²) in [7, 11) is 0. The van der Waals surface area contributed by atoms with Crippen molar-refractivity contribution < 1.29 is 0 Å². The van der Waals surface area contributed by atoms with Crippen LogP contribution < -0.4 is 0 Å². The molecule has 0 amide bonds. The summed E-state index contributed by atoms with van der Waals surface area (Å²) in [6.07, 6.45) is 2.39. The summed E-state index contributed by atoms with van der Waals surface area (Å²) in [5.41, 5.74) is 9.76. The van der Waals surface area contributed by atoms with Crippen molar-refractivity contribution in [1.82, 2.24) is 19.5 Å². The van der Waals surface area contributed by atoms with Crippen LogP contribution in [0.2, 0.25) is 0 Å². The quantitative estimate of drug-likeness (QED) is 0.193. The molecular weight excluding hydrogens is 597 g/mol. The van der Waals surface area contributed by atoms with Crippen LogP contribution in [0.1, 0.15) is 51.7 Å². The maximum Gasteiger partial charge on any atom is 0.164 e. The maximum atomic E-state index is 5.00. The Morgan fingerprint density at radius 3 is 1.65 bits per heavy atom. The number of nitrogens with zero attached hydrogens (tertiary/aromatic N) is 4. The molecule has 0 radical (unpaired) electrons. The third-order valence-electron chi connectivity index (χ3n) is 10.7. The van der Waals surface area contributed by atoms with E-state index in [0.717, 1.165) is 27.8 Å². The van der Waals surface area contributed by atoms with Gasteiger partial charge in [-0.3, -0.25) is 0 Å². The fourth-order valence-electron chi connectivity index (χ4n) is 7.76. The van der Waals surface area contributed by atoms with Gasteiger partial charge in [-0.05, 0) is 82.0 Å². The molecule has 0 saturated heterocycles. The van der Waals surface area contributed by atoms with Crippen LogP contribution in [0.3, 0.4) is 0 Å². The molecular formula is C45H38N4. The normalized spacial score (nSPS) is 15.1. The van der Waals surface area contributed by atoms with Gasteiger partial charge in [0.1, 0.15) is 0 Å². The molecule has 9 rings (SSSR count). The van der Waals surface area contributed by atoms with Crippen LogP contribution in [0, 0.1) is 0 Å². The maximum absolute atomic E-state index is 5.00. The molecule has 0 spiro atoms. The summed E-state index contributed by atoms with van der Waals surface area (Å²) in [6, 6.07) is 47.5. The van der Waals surface area contributed by atoms with E-state index in [1.807, 2.05) is 60.7 Å². The smallest absolute Gasteiger partial charge is 0.164 e. The molecule has 238 valence electrons. The van der Waals surface area contributed by atoms with Crippen LogP contribution in [-0.2, 0) is 10.8 Å². The zero-order valence-corrected chi connectivity index (χ0v) is 28.4. The van der Waals surface area contributed by atoms with Crippen LogP contribution in [0.25, 0.3) is 72.4 Å². The van der Waals surface area contributed by atoms with Gasteiger partial charge in [-0.25, -0.2) is 15.0 Å². The predicted octanol–water partition coefficient (Wildman–Crippen LogP) is 11.5. The first-order chi connectivity index (χ1) is 23.7. The third kappa shape index (κ3) is 4.93. The summed E-state index contributed by atoms with van der Waals surface area (Å²) in [5.74, 6) is 1.99. The van der Waals surface area contributed by atoms with Crippen molar-refractivity contribution in [3.63, 3.8) is 0 Å². The van der Waals surface area contributed by atoms with Gasteiger partial charge in [0.25, 0.3) is 0 Å². The van der Waals surface area contributed by atoms with Crippen LogP contribution in [0.15, 0.2) is 133 Å². The fraction of sp³-hybridized carbons (Fsp3) is 0.178. The minimum Gasteiger partial charge on any atom is -0.309 e. The first-order valence-electron chi connectivity index (χ1n) is 17.2. The second-order valence-corrected chi connectivity index (χ2v) is 14.8. The number of rotatable bonds is 4. The van der Waals surface area contributed by atoms with Crippen molar-refractivity contribution in [2.75, 3.05) is 0 Å². The Bertz CT molecular complexity index is 2480. The van der Waals surface area contributed by atoms with E-state index in [1.165, 1.54) is 51.2 Å². The summed E-state index contributed by atoms with van der Waals surface area (Å²) in [6.45, 7) is 9.63. The highest BCUT2D eigenvalue weighted by Gasteiger charge is 2.37. The molecule has 1 aliphatic carbocycles. The number of hydrogen-bond acceptors (Lipinski definition) is 3. The monoisotopic (exact) mass is 634 g/mol. The zero-order valence-electron chi connectivity index (χ0n) is 28.4. The average Bonchev–Trinajstić information content (AvgIpc) is 3.47. The van der Waals surface area contributed by atoms with Gasteiger partial charge in [-0.1, -0.05) is 125 Å². The van der Waals surface area contributed by atoms with Crippen LogP contribution in [-0.4, -0.2) is 19.5 Å². The molecule has 2 heterocycles. The van der Waals surface area contributed by atoms with E-state index in [1.54, 1.807) is 0 Å². The van der Waals surface area contributed by atoms with Gasteiger partial charge >= 0.3 is 0 Å². The molecule has 49 heavy (non-hydrogen) atoms. The Balaban J connectivity index is 1.23. The van der Waals surface area contributed by atoms with Gasteiger partial charge in [-0.2, -0.15) is 0 Å². The van der Waals surface area contributed by atoms with Gasteiger partial charge in [0.15, 0.2) is 17.5 Å². The lowest BCUT2D eigenvalue weighted by Crippen LogP contribution is -2.33. The fourth-order valence-corrected chi connectivity index (χ4v) is 7.76. The zero-order chi connectivity index (χ0) is 33.3. The SMILES string of the molecule is CC1(C)CCC(C)(C)c2cc3c(cc21)c1ccccc1n3-c1ccc2ccc(-c3nc(-c4ccccc4)nc(-c4ccccc4)n3)cc2c1. The lowest BCUT2D eigenvalue weighted by molar-refractivity contribution is 0.332. The number of hydrogen-bond donors (Lipinski definition) is 0. The van der Waals surface area contributed by atoms with E-state index in [9.17, 15) is 0 Å². The topological polar surface area (TPSA) is 43.6 Å². The van der Waals surface area contributed by atoms with Crippen molar-refractivity contribution in [2.24, 2.45) is 0 Å². The van der Waals surface area contributed by atoms with E-state index >= 15 is 0 Å². The molecule has 2 aromatic heterocycles. The number of benzene rings is 6. The summed E-state index contributed by atoms with van der Waals surface area (Å²) in [4.78, 5) is 14.9. The van der Waals surface area contributed by atoms with Gasteiger partial charge in [0, 0.05) is 33.2 Å². The molecule has 0 unspecified atom stereocenters. The molecule has 0 saturated carbocycles. The highest BCUT2D eigenvalue weighted by molar-refractivity contribution is 6.10. The predicted molar refractivity (Wildman–Crippen MR) is 203 cm³/mol. The summed E-state index contributed by atoms with van der Waals surface area (Å²) >= 11 is 0.